The van der Waals surface area contributed by atoms with Gasteiger partial charge in [0.25, 0.3) is 5.91 Å². The molecule has 0 aliphatic carbocycles. The van der Waals surface area contributed by atoms with Crippen molar-refractivity contribution in [2.24, 2.45) is 0 Å². The van der Waals surface area contributed by atoms with Gasteiger partial charge in [0.2, 0.25) is 0 Å². The van der Waals surface area contributed by atoms with E-state index in [2.05, 4.69) is 5.32 Å². The first-order valence-corrected chi connectivity index (χ1v) is 10.6. The number of carbonyl (C=O) groups excluding carboxylic acids is 1. The van der Waals surface area contributed by atoms with Crippen LogP contribution >= 0.6 is 0 Å². The molecule has 33 heavy (non-hydrogen) atoms. The van der Waals surface area contributed by atoms with Crippen LogP contribution in [-0.2, 0) is 16.1 Å². The second-order valence-electron chi connectivity index (χ2n) is 7.39. The van der Waals surface area contributed by atoms with Gasteiger partial charge < -0.3 is 29.0 Å². The molecule has 1 aliphatic rings. The molecule has 1 N–H and O–H groups in total. The van der Waals surface area contributed by atoms with E-state index in [0.717, 1.165) is 18.4 Å². The highest BCUT2D eigenvalue weighted by Crippen LogP contribution is 2.31. The van der Waals surface area contributed by atoms with Crippen molar-refractivity contribution in [3.63, 3.8) is 0 Å². The second-order valence-corrected chi connectivity index (χ2v) is 7.39. The summed E-state index contributed by atoms with van der Waals surface area (Å²) in [7, 11) is 4.72. The molecule has 0 spiro atoms. The van der Waals surface area contributed by atoms with Gasteiger partial charge in [-0.25, -0.2) is 0 Å². The average molecular weight is 453 g/mol. The van der Waals surface area contributed by atoms with E-state index in [1.54, 1.807) is 32.4 Å². The summed E-state index contributed by atoms with van der Waals surface area (Å²) in [6.45, 7) is 1.34. The summed E-state index contributed by atoms with van der Waals surface area (Å²) in [5.41, 5.74) is 1.46. The smallest absolute Gasteiger partial charge is 0.262 e. The highest BCUT2D eigenvalue weighted by molar-refractivity contribution is 6.01. The van der Waals surface area contributed by atoms with Gasteiger partial charge in [0.1, 0.15) is 29.7 Å². The van der Waals surface area contributed by atoms with Crippen LogP contribution in [0.15, 0.2) is 42.0 Å². The summed E-state index contributed by atoms with van der Waals surface area (Å²) in [5, 5.41) is 12.2. The Morgan fingerprint density at radius 3 is 2.58 bits per heavy atom. The number of carbonyl (C=O) groups is 1. The van der Waals surface area contributed by atoms with Crippen LogP contribution in [0.25, 0.3) is 6.08 Å². The Morgan fingerprint density at radius 2 is 1.91 bits per heavy atom. The van der Waals surface area contributed by atoms with Crippen molar-refractivity contribution in [3.8, 4) is 29.1 Å². The molecule has 0 aromatic heterocycles. The minimum atomic E-state index is -0.433. The van der Waals surface area contributed by atoms with Crippen molar-refractivity contribution in [3.05, 3.63) is 53.1 Å². The SMILES string of the molecule is COc1ccc(OC)c(COc2ccc(/C=C(\C#N)C(=O)NC[C@@H]3CCCO3)cc2OC)c1. The maximum Gasteiger partial charge on any atom is 0.262 e. The lowest BCUT2D eigenvalue weighted by Gasteiger charge is -2.14. The lowest BCUT2D eigenvalue weighted by Crippen LogP contribution is -2.32. The molecule has 1 heterocycles. The predicted molar refractivity (Wildman–Crippen MR) is 122 cm³/mol. The molecule has 1 aliphatic heterocycles. The van der Waals surface area contributed by atoms with E-state index >= 15 is 0 Å². The van der Waals surface area contributed by atoms with Gasteiger partial charge in [-0.3, -0.25) is 4.79 Å². The number of benzene rings is 2. The summed E-state index contributed by atoms with van der Waals surface area (Å²) < 4.78 is 27.6. The van der Waals surface area contributed by atoms with Crippen molar-refractivity contribution in [1.82, 2.24) is 5.32 Å². The molecular weight excluding hydrogens is 424 g/mol. The zero-order valence-electron chi connectivity index (χ0n) is 19.1. The molecule has 1 amide bonds. The fraction of sp³-hybridized carbons (Fsp3) is 0.360. The van der Waals surface area contributed by atoms with Gasteiger partial charge in [0.15, 0.2) is 11.5 Å². The van der Waals surface area contributed by atoms with Crippen molar-refractivity contribution < 1.29 is 28.5 Å². The molecule has 8 heteroatoms. The molecule has 174 valence electrons. The number of nitriles is 1. The Labute approximate surface area is 193 Å². The second kappa shape index (κ2) is 11.8. The Balaban J connectivity index is 1.70. The van der Waals surface area contributed by atoms with Gasteiger partial charge in [-0.1, -0.05) is 6.07 Å². The molecule has 3 rings (SSSR count). The Bertz CT molecular complexity index is 1040. The van der Waals surface area contributed by atoms with E-state index in [4.69, 9.17) is 23.7 Å². The third-order valence-electron chi connectivity index (χ3n) is 5.25. The number of methoxy groups -OCH3 is 3. The highest BCUT2D eigenvalue weighted by Gasteiger charge is 2.18. The summed E-state index contributed by atoms with van der Waals surface area (Å²) >= 11 is 0. The number of amides is 1. The number of rotatable bonds is 10. The molecular formula is C25H28N2O6. The normalized spacial score (nSPS) is 15.5. The first-order valence-electron chi connectivity index (χ1n) is 10.6. The molecule has 0 saturated carbocycles. The van der Waals surface area contributed by atoms with Crippen LogP contribution in [-0.4, -0.2) is 46.5 Å². The van der Waals surface area contributed by atoms with Crippen LogP contribution < -0.4 is 24.3 Å². The predicted octanol–water partition coefficient (Wildman–Crippen LogP) is 3.49. The molecule has 1 fully saturated rings. The summed E-state index contributed by atoms with van der Waals surface area (Å²) in [6.07, 6.45) is 3.42. The largest absolute Gasteiger partial charge is 0.497 e. The van der Waals surface area contributed by atoms with Crippen LogP contribution in [0.5, 0.6) is 23.0 Å². The standard InChI is InChI=1S/C25H28N2O6/c1-29-20-7-9-22(30-2)19(13-20)16-33-23-8-6-17(12-24(23)31-3)11-18(14-26)25(28)27-15-21-5-4-10-32-21/h6-9,11-13,21H,4-5,10,15-16H2,1-3H3,(H,27,28)/b18-11+/t21-/m0/s1. The number of nitrogens with zero attached hydrogens (tertiary/aromatic N) is 1. The molecule has 2 aromatic rings. The molecule has 0 bridgehead atoms. The molecule has 8 nitrogen and oxygen atoms in total. The van der Waals surface area contributed by atoms with Gasteiger partial charge in [-0.05, 0) is 54.8 Å². The highest BCUT2D eigenvalue weighted by atomic mass is 16.5. The van der Waals surface area contributed by atoms with E-state index in [9.17, 15) is 10.1 Å². The van der Waals surface area contributed by atoms with E-state index in [0.29, 0.717) is 41.7 Å². The fourth-order valence-corrected chi connectivity index (χ4v) is 3.47. The number of hydrogen-bond donors (Lipinski definition) is 1. The molecule has 2 aromatic carbocycles. The quantitative estimate of drug-likeness (QED) is 0.435. The first kappa shape index (κ1) is 24.0. The van der Waals surface area contributed by atoms with Crippen LogP contribution in [0.1, 0.15) is 24.0 Å². The zero-order chi connectivity index (χ0) is 23.6. The van der Waals surface area contributed by atoms with Gasteiger partial charge in [0.05, 0.1) is 27.4 Å². The monoisotopic (exact) mass is 452 g/mol. The first-order chi connectivity index (χ1) is 16.1. The van der Waals surface area contributed by atoms with Crippen molar-refractivity contribution in [2.75, 3.05) is 34.5 Å². The van der Waals surface area contributed by atoms with Gasteiger partial charge >= 0.3 is 0 Å². The Morgan fingerprint density at radius 1 is 1.12 bits per heavy atom. The van der Waals surface area contributed by atoms with Crippen LogP contribution in [0.4, 0.5) is 0 Å². The number of ether oxygens (including phenoxy) is 5. The minimum absolute atomic E-state index is 0.00448. The molecule has 0 radical (unpaired) electrons. The Kier molecular flexibility index (Phi) is 8.56. The van der Waals surface area contributed by atoms with Gasteiger partial charge in [0, 0.05) is 18.7 Å². The van der Waals surface area contributed by atoms with Crippen LogP contribution in [0.3, 0.4) is 0 Å². The maximum atomic E-state index is 12.4. The lowest BCUT2D eigenvalue weighted by atomic mass is 10.1. The zero-order valence-corrected chi connectivity index (χ0v) is 19.1. The average Bonchev–Trinajstić information content (AvgIpc) is 3.38. The van der Waals surface area contributed by atoms with Crippen molar-refractivity contribution in [2.45, 2.75) is 25.6 Å². The van der Waals surface area contributed by atoms with Crippen LogP contribution in [0, 0.1) is 11.3 Å². The number of nitrogens with one attached hydrogen (secondary N) is 1. The van der Waals surface area contributed by atoms with E-state index in [1.807, 2.05) is 24.3 Å². The lowest BCUT2D eigenvalue weighted by molar-refractivity contribution is -0.117. The third-order valence-corrected chi connectivity index (χ3v) is 5.25. The van der Waals surface area contributed by atoms with E-state index < -0.39 is 5.91 Å². The topological polar surface area (TPSA) is 99.0 Å². The van der Waals surface area contributed by atoms with Gasteiger partial charge in [-0.2, -0.15) is 5.26 Å². The van der Waals surface area contributed by atoms with Gasteiger partial charge in [-0.15, -0.1) is 0 Å². The summed E-state index contributed by atoms with van der Waals surface area (Å²) in [4.78, 5) is 12.4. The van der Waals surface area contributed by atoms with E-state index in [-0.39, 0.29) is 18.3 Å². The maximum absolute atomic E-state index is 12.4. The molecule has 0 unspecified atom stereocenters. The molecule has 1 atom stereocenters. The third kappa shape index (κ3) is 6.40. The molecule has 1 saturated heterocycles. The Hall–Kier alpha value is -3.70. The van der Waals surface area contributed by atoms with E-state index in [1.165, 1.54) is 13.2 Å². The van der Waals surface area contributed by atoms with Crippen LogP contribution in [0.2, 0.25) is 0 Å². The van der Waals surface area contributed by atoms with Crippen molar-refractivity contribution in [1.29, 1.82) is 5.26 Å². The minimum Gasteiger partial charge on any atom is -0.497 e. The summed E-state index contributed by atoms with van der Waals surface area (Å²) in [5.74, 6) is 1.94. The fourth-order valence-electron chi connectivity index (χ4n) is 3.47. The van der Waals surface area contributed by atoms with Crippen molar-refractivity contribution >= 4 is 12.0 Å². The number of hydrogen-bond acceptors (Lipinski definition) is 7. The summed E-state index contributed by atoms with van der Waals surface area (Å²) in [6, 6.07) is 12.6.